The van der Waals surface area contributed by atoms with Crippen molar-refractivity contribution in [2.24, 2.45) is 5.92 Å². The van der Waals surface area contributed by atoms with Crippen LogP contribution in [-0.4, -0.2) is 29.9 Å². The summed E-state index contributed by atoms with van der Waals surface area (Å²) in [6.07, 6.45) is 2.68. The number of amides is 1. The molecule has 25 heavy (non-hydrogen) atoms. The number of benzene rings is 1. The van der Waals surface area contributed by atoms with Gasteiger partial charge in [0.2, 0.25) is 5.91 Å². The van der Waals surface area contributed by atoms with E-state index in [0.717, 1.165) is 39.6 Å². The van der Waals surface area contributed by atoms with Crippen LogP contribution in [0.3, 0.4) is 0 Å². The maximum absolute atomic E-state index is 12.7. The van der Waals surface area contributed by atoms with Crippen molar-refractivity contribution < 1.29 is 9.53 Å². The van der Waals surface area contributed by atoms with Gasteiger partial charge >= 0.3 is 0 Å². The lowest BCUT2D eigenvalue weighted by Crippen LogP contribution is -2.28. The number of aryl methyl sites for hydroxylation is 1. The number of carbonyl (C=O) groups is 1. The summed E-state index contributed by atoms with van der Waals surface area (Å²) in [4.78, 5) is 19.0. The number of hydrogen-bond donors (Lipinski definition) is 0. The van der Waals surface area contributed by atoms with Crippen molar-refractivity contribution in [3.05, 3.63) is 57.9 Å². The predicted octanol–water partition coefficient (Wildman–Crippen LogP) is 4.12. The Labute approximate surface area is 153 Å². The molecule has 1 heterocycles. The van der Waals surface area contributed by atoms with Crippen molar-refractivity contribution in [1.82, 2.24) is 9.88 Å². The molecule has 1 saturated carbocycles. The average molecular weight is 359 g/mol. The Kier molecular flexibility index (Phi) is 5.00. The molecule has 3 rings (SSSR count). The molecule has 2 atom stereocenters. The van der Waals surface area contributed by atoms with Gasteiger partial charge in [-0.1, -0.05) is 23.7 Å². The molecule has 0 saturated heterocycles. The standard InChI is InChI=1S/C20H23ClN2O2/c1-12-10-22-18(13(2)19(12)25-4)11-23(3)20(24)17-9-16(17)14-6-5-7-15(21)8-14/h5-8,10,16-17H,9,11H2,1-4H3. The first-order valence-electron chi connectivity index (χ1n) is 8.42. The van der Waals surface area contributed by atoms with E-state index in [1.807, 2.05) is 45.2 Å². The lowest BCUT2D eigenvalue weighted by atomic mass is 10.1. The van der Waals surface area contributed by atoms with Gasteiger partial charge in [-0.25, -0.2) is 0 Å². The third kappa shape index (κ3) is 3.64. The summed E-state index contributed by atoms with van der Waals surface area (Å²) in [5.41, 5.74) is 4.01. The van der Waals surface area contributed by atoms with Gasteiger partial charge in [-0.2, -0.15) is 0 Å². The summed E-state index contributed by atoms with van der Waals surface area (Å²) < 4.78 is 5.45. The van der Waals surface area contributed by atoms with Crippen molar-refractivity contribution >= 4 is 17.5 Å². The quantitative estimate of drug-likeness (QED) is 0.807. The topological polar surface area (TPSA) is 42.4 Å². The highest BCUT2D eigenvalue weighted by molar-refractivity contribution is 6.30. The van der Waals surface area contributed by atoms with Gasteiger partial charge in [-0.05, 0) is 43.9 Å². The first kappa shape index (κ1) is 17.7. The smallest absolute Gasteiger partial charge is 0.226 e. The minimum atomic E-state index is 0.0381. The minimum Gasteiger partial charge on any atom is -0.496 e. The maximum Gasteiger partial charge on any atom is 0.226 e. The molecule has 1 aliphatic rings. The Hall–Kier alpha value is -2.07. The van der Waals surface area contributed by atoms with E-state index in [4.69, 9.17) is 16.3 Å². The van der Waals surface area contributed by atoms with Crippen LogP contribution in [0.2, 0.25) is 5.02 Å². The van der Waals surface area contributed by atoms with E-state index < -0.39 is 0 Å². The van der Waals surface area contributed by atoms with Gasteiger partial charge in [-0.15, -0.1) is 0 Å². The summed E-state index contributed by atoms with van der Waals surface area (Å²) in [5, 5.41) is 0.718. The van der Waals surface area contributed by atoms with E-state index in [2.05, 4.69) is 4.98 Å². The molecule has 1 amide bonds. The molecule has 0 N–H and O–H groups in total. The van der Waals surface area contributed by atoms with Crippen LogP contribution < -0.4 is 4.74 Å². The first-order chi connectivity index (χ1) is 11.9. The number of rotatable bonds is 5. The number of pyridine rings is 1. The second kappa shape index (κ2) is 7.04. The summed E-state index contributed by atoms with van der Waals surface area (Å²) >= 11 is 6.06. The molecule has 2 aromatic rings. The molecule has 4 nitrogen and oxygen atoms in total. The van der Waals surface area contributed by atoms with E-state index in [1.165, 1.54) is 0 Å². The van der Waals surface area contributed by atoms with Crippen LogP contribution in [0.1, 0.15) is 34.7 Å². The maximum atomic E-state index is 12.7. The molecule has 1 aliphatic carbocycles. The molecule has 2 unspecified atom stereocenters. The van der Waals surface area contributed by atoms with Crippen LogP contribution >= 0.6 is 11.6 Å². The molecule has 0 spiro atoms. The molecule has 0 radical (unpaired) electrons. The van der Waals surface area contributed by atoms with E-state index in [0.29, 0.717) is 6.54 Å². The fourth-order valence-electron chi connectivity index (χ4n) is 3.39. The van der Waals surface area contributed by atoms with Gasteiger partial charge in [0.25, 0.3) is 0 Å². The van der Waals surface area contributed by atoms with E-state index in [9.17, 15) is 4.79 Å². The van der Waals surface area contributed by atoms with Gasteiger partial charge in [0.1, 0.15) is 5.75 Å². The number of methoxy groups -OCH3 is 1. The normalized spacial score (nSPS) is 18.8. The number of carbonyl (C=O) groups excluding carboxylic acids is 1. The zero-order chi connectivity index (χ0) is 18.1. The summed E-state index contributed by atoms with van der Waals surface area (Å²) in [6.45, 7) is 4.44. The Morgan fingerprint density at radius 1 is 1.40 bits per heavy atom. The van der Waals surface area contributed by atoms with Crippen LogP contribution in [0.4, 0.5) is 0 Å². The molecule has 0 aliphatic heterocycles. The second-order valence-corrected chi connectivity index (χ2v) is 7.18. The van der Waals surface area contributed by atoms with Crippen LogP contribution in [0.25, 0.3) is 0 Å². The van der Waals surface area contributed by atoms with Crippen molar-refractivity contribution in [3.8, 4) is 5.75 Å². The number of hydrogen-bond acceptors (Lipinski definition) is 3. The largest absolute Gasteiger partial charge is 0.496 e. The SMILES string of the molecule is COc1c(C)cnc(CN(C)C(=O)C2CC2c2cccc(Cl)c2)c1C. The van der Waals surface area contributed by atoms with Gasteiger partial charge in [0, 0.05) is 35.3 Å². The van der Waals surface area contributed by atoms with Crippen LogP contribution in [0.15, 0.2) is 30.5 Å². The second-order valence-electron chi connectivity index (χ2n) is 6.74. The average Bonchev–Trinajstić information content (AvgIpc) is 3.38. The Morgan fingerprint density at radius 3 is 2.84 bits per heavy atom. The number of nitrogens with zero attached hydrogens (tertiary/aromatic N) is 2. The molecule has 1 aromatic carbocycles. The number of aromatic nitrogens is 1. The predicted molar refractivity (Wildman–Crippen MR) is 99.0 cm³/mol. The third-order valence-electron chi connectivity index (χ3n) is 4.90. The molecule has 1 aromatic heterocycles. The van der Waals surface area contributed by atoms with Gasteiger partial charge in [-0.3, -0.25) is 9.78 Å². The monoisotopic (exact) mass is 358 g/mol. The number of ether oxygens (including phenoxy) is 1. The van der Waals surface area contributed by atoms with Crippen LogP contribution in [0.5, 0.6) is 5.75 Å². The third-order valence-corrected chi connectivity index (χ3v) is 5.13. The Balaban J connectivity index is 1.68. The molecule has 5 heteroatoms. The summed E-state index contributed by atoms with van der Waals surface area (Å²) in [5.74, 6) is 1.31. The molecular weight excluding hydrogens is 336 g/mol. The van der Waals surface area contributed by atoms with Gasteiger partial charge in [0.05, 0.1) is 19.3 Å². The molecule has 132 valence electrons. The van der Waals surface area contributed by atoms with E-state index in [1.54, 1.807) is 18.2 Å². The summed E-state index contributed by atoms with van der Waals surface area (Å²) in [7, 11) is 3.50. The van der Waals surface area contributed by atoms with E-state index >= 15 is 0 Å². The minimum absolute atomic E-state index is 0.0381. The lowest BCUT2D eigenvalue weighted by Gasteiger charge is -2.19. The highest BCUT2D eigenvalue weighted by Gasteiger charge is 2.45. The van der Waals surface area contributed by atoms with Crippen LogP contribution in [-0.2, 0) is 11.3 Å². The molecular formula is C20H23ClN2O2. The van der Waals surface area contributed by atoms with Crippen molar-refractivity contribution in [2.75, 3.05) is 14.2 Å². The molecule has 1 fully saturated rings. The van der Waals surface area contributed by atoms with Crippen molar-refractivity contribution in [2.45, 2.75) is 32.7 Å². The van der Waals surface area contributed by atoms with Crippen LogP contribution in [0, 0.1) is 19.8 Å². The number of halogens is 1. The zero-order valence-corrected chi connectivity index (χ0v) is 15.8. The highest BCUT2D eigenvalue weighted by atomic mass is 35.5. The fraction of sp³-hybridized carbons (Fsp3) is 0.400. The molecule has 0 bridgehead atoms. The van der Waals surface area contributed by atoms with Crippen molar-refractivity contribution in [1.29, 1.82) is 0 Å². The van der Waals surface area contributed by atoms with Gasteiger partial charge < -0.3 is 9.64 Å². The highest BCUT2D eigenvalue weighted by Crippen LogP contribution is 2.48. The Bertz CT molecular complexity index is 806. The van der Waals surface area contributed by atoms with Crippen molar-refractivity contribution in [3.63, 3.8) is 0 Å². The fourth-order valence-corrected chi connectivity index (χ4v) is 3.59. The van der Waals surface area contributed by atoms with Gasteiger partial charge in [0.15, 0.2) is 0 Å². The summed E-state index contributed by atoms with van der Waals surface area (Å²) in [6, 6.07) is 7.79. The first-order valence-corrected chi connectivity index (χ1v) is 8.79. The lowest BCUT2D eigenvalue weighted by molar-refractivity contribution is -0.131. The Morgan fingerprint density at radius 2 is 2.16 bits per heavy atom. The zero-order valence-electron chi connectivity index (χ0n) is 15.0. The van der Waals surface area contributed by atoms with E-state index in [-0.39, 0.29) is 17.7 Å².